The van der Waals surface area contributed by atoms with Crippen LogP contribution in [0.15, 0.2) is 54.6 Å². The summed E-state index contributed by atoms with van der Waals surface area (Å²) in [6, 6.07) is 18.9. The van der Waals surface area contributed by atoms with E-state index in [1.54, 1.807) is 6.92 Å². The number of ketones is 1. The molecule has 1 nitrogen and oxygen atoms in total. The Labute approximate surface area is 115 Å². The molecule has 0 aliphatic rings. The Hall–Kier alpha value is -1.89. The Balaban J connectivity index is 2.13. The van der Waals surface area contributed by atoms with Gasteiger partial charge in [0.25, 0.3) is 0 Å². The number of hydrogen-bond acceptors (Lipinski definition) is 1. The molecule has 0 heterocycles. The monoisotopic (exact) mass is 252 g/mol. The summed E-state index contributed by atoms with van der Waals surface area (Å²) in [6.07, 6.45) is 1.76. The molecule has 2 rings (SSSR count). The van der Waals surface area contributed by atoms with Crippen molar-refractivity contribution in [1.82, 2.24) is 0 Å². The second kappa shape index (κ2) is 6.33. The maximum Gasteiger partial charge on any atom is 0.133 e. The van der Waals surface area contributed by atoms with Crippen LogP contribution in [0.25, 0.3) is 11.1 Å². The van der Waals surface area contributed by atoms with Crippen LogP contribution in [0.3, 0.4) is 0 Å². The van der Waals surface area contributed by atoms with E-state index >= 15 is 0 Å². The second-order valence-electron chi connectivity index (χ2n) is 4.98. The SMILES string of the molecule is CC[C@@H](Cc1ccc(-c2ccccc2)cc1)C(C)=O. The van der Waals surface area contributed by atoms with Crippen molar-refractivity contribution in [3.8, 4) is 11.1 Å². The average Bonchev–Trinajstić information content (AvgIpc) is 2.46. The highest BCUT2D eigenvalue weighted by Crippen LogP contribution is 2.21. The quantitative estimate of drug-likeness (QED) is 0.765. The van der Waals surface area contributed by atoms with E-state index in [1.807, 2.05) is 18.2 Å². The predicted octanol–water partition coefficient (Wildman–Crippen LogP) is 4.51. The molecule has 0 bridgehead atoms. The average molecular weight is 252 g/mol. The van der Waals surface area contributed by atoms with Gasteiger partial charge in [0, 0.05) is 5.92 Å². The van der Waals surface area contributed by atoms with Crippen LogP contribution in [0, 0.1) is 5.92 Å². The van der Waals surface area contributed by atoms with E-state index in [1.165, 1.54) is 16.7 Å². The molecular formula is C18H20O. The number of carbonyl (C=O) groups excluding carboxylic acids is 1. The molecule has 0 radical (unpaired) electrons. The van der Waals surface area contributed by atoms with Gasteiger partial charge < -0.3 is 0 Å². The Morgan fingerprint density at radius 2 is 1.53 bits per heavy atom. The van der Waals surface area contributed by atoms with Crippen LogP contribution >= 0.6 is 0 Å². The minimum atomic E-state index is 0.155. The third-order valence-electron chi connectivity index (χ3n) is 3.61. The molecule has 1 atom stereocenters. The molecule has 0 aromatic heterocycles. The van der Waals surface area contributed by atoms with Gasteiger partial charge >= 0.3 is 0 Å². The van der Waals surface area contributed by atoms with Crippen molar-refractivity contribution in [3.63, 3.8) is 0 Å². The van der Waals surface area contributed by atoms with E-state index in [-0.39, 0.29) is 11.7 Å². The first kappa shape index (κ1) is 13.5. The van der Waals surface area contributed by atoms with E-state index in [9.17, 15) is 4.79 Å². The van der Waals surface area contributed by atoms with Crippen LogP contribution in [0.4, 0.5) is 0 Å². The Morgan fingerprint density at radius 1 is 0.947 bits per heavy atom. The summed E-state index contributed by atoms with van der Waals surface area (Å²) < 4.78 is 0. The molecule has 1 heteroatoms. The maximum absolute atomic E-state index is 11.5. The highest BCUT2D eigenvalue weighted by atomic mass is 16.1. The van der Waals surface area contributed by atoms with Crippen molar-refractivity contribution in [2.45, 2.75) is 26.7 Å². The molecule has 98 valence electrons. The van der Waals surface area contributed by atoms with Gasteiger partial charge in [0.05, 0.1) is 0 Å². The van der Waals surface area contributed by atoms with Crippen molar-refractivity contribution in [2.75, 3.05) is 0 Å². The molecule has 19 heavy (non-hydrogen) atoms. The fraction of sp³-hybridized carbons (Fsp3) is 0.278. The lowest BCUT2D eigenvalue weighted by molar-refractivity contribution is -0.120. The first-order valence-electron chi connectivity index (χ1n) is 6.85. The number of rotatable bonds is 5. The highest BCUT2D eigenvalue weighted by molar-refractivity contribution is 5.78. The van der Waals surface area contributed by atoms with Crippen molar-refractivity contribution >= 4 is 5.78 Å². The first-order chi connectivity index (χ1) is 9.20. The summed E-state index contributed by atoms with van der Waals surface area (Å²) in [4.78, 5) is 11.5. The van der Waals surface area contributed by atoms with Gasteiger partial charge in [-0.1, -0.05) is 61.5 Å². The Morgan fingerprint density at radius 3 is 2.05 bits per heavy atom. The van der Waals surface area contributed by atoms with Crippen molar-refractivity contribution in [2.24, 2.45) is 5.92 Å². The topological polar surface area (TPSA) is 17.1 Å². The summed E-state index contributed by atoms with van der Waals surface area (Å²) in [7, 11) is 0. The summed E-state index contributed by atoms with van der Waals surface area (Å²) >= 11 is 0. The largest absolute Gasteiger partial charge is 0.300 e. The zero-order chi connectivity index (χ0) is 13.7. The highest BCUT2D eigenvalue weighted by Gasteiger charge is 2.12. The van der Waals surface area contributed by atoms with Gasteiger partial charge in [0.2, 0.25) is 0 Å². The lowest BCUT2D eigenvalue weighted by Gasteiger charge is -2.11. The smallest absolute Gasteiger partial charge is 0.133 e. The Kier molecular flexibility index (Phi) is 4.51. The zero-order valence-corrected chi connectivity index (χ0v) is 11.6. The second-order valence-corrected chi connectivity index (χ2v) is 4.98. The van der Waals surface area contributed by atoms with Crippen LogP contribution in [0.1, 0.15) is 25.8 Å². The molecule has 0 fully saturated rings. The van der Waals surface area contributed by atoms with Crippen molar-refractivity contribution < 1.29 is 4.79 Å². The molecule has 0 unspecified atom stereocenters. The van der Waals surface area contributed by atoms with E-state index in [0.717, 1.165) is 12.8 Å². The fourth-order valence-electron chi connectivity index (χ4n) is 2.32. The van der Waals surface area contributed by atoms with Crippen LogP contribution in [-0.4, -0.2) is 5.78 Å². The molecule has 0 aliphatic heterocycles. The van der Waals surface area contributed by atoms with Crippen LogP contribution in [0.2, 0.25) is 0 Å². The summed E-state index contributed by atoms with van der Waals surface area (Å²) in [6.45, 7) is 3.76. The van der Waals surface area contributed by atoms with Gasteiger partial charge in [-0.25, -0.2) is 0 Å². The number of Topliss-reactive ketones (excluding diaryl/α,β-unsaturated/α-hetero) is 1. The molecular weight excluding hydrogens is 232 g/mol. The number of benzene rings is 2. The van der Waals surface area contributed by atoms with Crippen LogP contribution in [-0.2, 0) is 11.2 Å². The predicted molar refractivity (Wildman–Crippen MR) is 80.0 cm³/mol. The number of carbonyl (C=O) groups is 1. The minimum absolute atomic E-state index is 0.155. The van der Waals surface area contributed by atoms with E-state index < -0.39 is 0 Å². The maximum atomic E-state index is 11.5. The normalized spacial score (nSPS) is 12.1. The molecule has 0 saturated carbocycles. The fourth-order valence-corrected chi connectivity index (χ4v) is 2.32. The summed E-state index contributed by atoms with van der Waals surface area (Å²) in [5.74, 6) is 0.442. The Bertz CT molecular complexity index is 525. The van der Waals surface area contributed by atoms with Gasteiger partial charge in [0.1, 0.15) is 5.78 Å². The van der Waals surface area contributed by atoms with Gasteiger partial charge in [-0.3, -0.25) is 4.79 Å². The first-order valence-corrected chi connectivity index (χ1v) is 6.85. The van der Waals surface area contributed by atoms with E-state index in [2.05, 4.69) is 43.3 Å². The molecule has 0 spiro atoms. The number of hydrogen-bond donors (Lipinski definition) is 0. The van der Waals surface area contributed by atoms with Gasteiger partial charge in [0.15, 0.2) is 0 Å². The summed E-state index contributed by atoms with van der Waals surface area (Å²) in [5.41, 5.74) is 3.69. The lowest BCUT2D eigenvalue weighted by Crippen LogP contribution is -2.12. The van der Waals surface area contributed by atoms with Crippen molar-refractivity contribution in [3.05, 3.63) is 60.2 Å². The standard InChI is InChI=1S/C18H20O/c1-3-16(14(2)19)13-15-9-11-18(12-10-15)17-7-5-4-6-8-17/h4-12,16H,3,13H2,1-2H3/t16-/m0/s1. The van der Waals surface area contributed by atoms with Crippen LogP contribution < -0.4 is 0 Å². The van der Waals surface area contributed by atoms with Crippen LogP contribution in [0.5, 0.6) is 0 Å². The minimum Gasteiger partial charge on any atom is -0.300 e. The third kappa shape index (κ3) is 3.54. The molecule has 2 aromatic carbocycles. The molecule has 0 saturated heterocycles. The van der Waals surface area contributed by atoms with E-state index in [0.29, 0.717) is 0 Å². The van der Waals surface area contributed by atoms with E-state index in [4.69, 9.17) is 0 Å². The third-order valence-corrected chi connectivity index (χ3v) is 3.61. The zero-order valence-electron chi connectivity index (χ0n) is 11.6. The van der Waals surface area contributed by atoms with Gasteiger partial charge in [-0.05, 0) is 36.5 Å². The molecule has 2 aromatic rings. The molecule has 0 amide bonds. The molecule has 0 N–H and O–H groups in total. The van der Waals surface area contributed by atoms with Gasteiger partial charge in [-0.2, -0.15) is 0 Å². The lowest BCUT2D eigenvalue weighted by atomic mass is 9.93. The molecule has 0 aliphatic carbocycles. The summed E-state index contributed by atoms with van der Waals surface area (Å²) in [5, 5.41) is 0. The van der Waals surface area contributed by atoms with Crippen molar-refractivity contribution in [1.29, 1.82) is 0 Å². The van der Waals surface area contributed by atoms with Gasteiger partial charge in [-0.15, -0.1) is 0 Å².